The second kappa shape index (κ2) is 13.9. The van der Waals surface area contributed by atoms with Gasteiger partial charge in [0.25, 0.3) is 0 Å². The molecule has 1 saturated heterocycles. The Morgan fingerprint density at radius 1 is 0.889 bits per heavy atom. The number of benzene rings is 3. The Morgan fingerprint density at radius 3 is 2.14 bits per heavy atom. The van der Waals surface area contributed by atoms with Crippen LogP contribution >= 0.6 is 24.8 Å². The molecule has 0 spiro atoms. The second-order valence-electron chi connectivity index (χ2n) is 9.86. The minimum absolute atomic E-state index is 0. The third-order valence-electron chi connectivity index (χ3n) is 6.84. The molecule has 0 aliphatic carbocycles. The van der Waals surface area contributed by atoms with Crippen LogP contribution in [-0.4, -0.2) is 48.4 Å². The molecule has 3 aromatic rings. The highest BCUT2D eigenvalue weighted by Gasteiger charge is 2.32. The summed E-state index contributed by atoms with van der Waals surface area (Å²) in [6.45, 7) is 7.67. The molecule has 0 amide bonds. The van der Waals surface area contributed by atoms with Gasteiger partial charge in [0, 0.05) is 38.9 Å². The number of halogens is 2. The van der Waals surface area contributed by atoms with E-state index in [-0.39, 0.29) is 30.9 Å². The van der Waals surface area contributed by atoms with Gasteiger partial charge in [0.1, 0.15) is 5.75 Å². The molecule has 6 heteroatoms. The summed E-state index contributed by atoms with van der Waals surface area (Å²) in [6.07, 6.45) is 2.59. The normalized spacial score (nSPS) is 15.0. The quantitative estimate of drug-likeness (QED) is 0.328. The van der Waals surface area contributed by atoms with Crippen LogP contribution in [0.2, 0.25) is 0 Å². The average Bonchev–Trinajstić information content (AvgIpc) is 2.85. The summed E-state index contributed by atoms with van der Waals surface area (Å²) in [5, 5.41) is 11.3. The Hall–Kier alpha value is -2.24. The number of hydrogen-bond acceptors (Lipinski definition) is 4. The van der Waals surface area contributed by atoms with E-state index in [9.17, 15) is 5.11 Å². The zero-order valence-corrected chi connectivity index (χ0v) is 23.2. The highest BCUT2D eigenvalue weighted by atomic mass is 35.5. The monoisotopic (exact) mass is 530 g/mol. The number of nitrogens with zero attached hydrogens (tertiary/aromatic N) is 2. The minimum Gasteiger partial charge on any atom is -0.491 e. The first-order valence-corrected chi connectivity index (χ1v) is 12.5. The highest BCUT2D eigenvalue weighted by Crippen LogP contribution is 2.30. The minimum atomic E-state index is -0.593. The molecule has 0 aromatic heterocycles. The fraction of sp³-hybridized carbons (Fsp3) is 0.400. The lowest BCUT2D eigenvalue weighted by atomic mass is 9.87. The number of hydrogen-bond donors (Lipinski definition) is 1. The Bertz CT molecular complexity index is 1040. The summed E-state index contributed by atoms with van der Waals surface area (Å²) in [6, 6.07) is 27.5. The predicted octanol–water partition coefficient (Wildman–Crippen LogP) is 6.84. The van der Waals surface area contributed by atoms with Crippen molar-refractivity contribution in [2.45, 2.75) is 51.4 Å². The fourth-order valence-electron chi connectivity index (χ4n) is 4.73. The van der Waals surface area contributed by atoms with Crippen LogP contribution in [0.15, 0.2) is 78.9 Å². The number of aliphatic hydroxyl groups is 1. The van der Waals surface area contributed by atoms with Crippen LogP contribution < -0.4 is 9.64 Å². The third-order valence-corrected chi connectivity index (χ3v) is 6.84. The van der Waals surface area contributed by atoms with Gasteiger partial charge in [0.05, 0.1) is 11.7 Å². The van der Waals surface area contributed by atoms with Crippen molar-refractivity contribution in [3.63, 3.8) is 0 Å². The van der Waals surface area contributed by atoms with E-state index in [1.807, 2.05) is 26.0 Å². The zero-order chi connectivity index (χ0) is 24.0. The smallest absolute Gasteiger partial charge is 0.119 e. The van der Waals surface area contributed by atoms with E-state index >= 15 is 0 Å². The standard InChI is InChI=1S/C30H38N2O2.2ClH/c1-24(2)34-28-15-13-27(14-16-28)31(3)20-17-30(33)18-21-32(22-19-30)23-26-11-7-8-12-29(26)25-9-5-4-6-10-25;;/h4-16,24,33H,17-23H2,1-3H3;2*1H. The van der Waals surface area contributed by atoms with Gasteiger partial charge in [-0.25, -0.2) is 0 Å². The van der Waals surface area contributed by atoms with Crippen molar-refractivity contribution in [3.8, 4) is 16.9 Å². The molecule has 4 nitrogen and oxygen atoms in total. The van der Waals surface area contributed by atoms with Gasteiger partial charge in [-0.2, -0.15) is 0 Å². The molecule has 1 aliphatic rings. The molecule has 0 unspecified atom stereocenters. The van der Waals surface area contributed by atoms with Crippen LogP contribution in [0, 0.1) is 0 Å². The van der Waals surface area contributed by atoms with Gasteiger partial charge in [-0.3, -0.25) is 4.90 Å². The fourth-order valence-corrected chi connectivity index (χ4v) is 4.73. The number of piperidine rings is 1. The van der Waals surface area contributed by atoms with E-state index in [1.54, 1.807) is 0 Å². The van der Waals surface area contributed by atoms with Gasteiger partial charge < -0.3 is 14.7 Å². The average molecular weight is 532 g/mol. The predicted molar refractivity (Wildman–Crippen MR) is 156 cm³/mol. The molecule has 4 rings (SSSR count). The Labute approximate surface area is 229 Å². The van der Waals surface area contributed by atoms with Crippen LogP contribution in [0.25, 0.3) is 11.1 Å². The summed E-state index contributed by atoms with van der Waals surface area (Å²) in [5.41, 5.74) is 4.47. The second-order valence-corrected chi connectivity index (χ2v) is 9.86. The molecule has 1 fully saturated rings. The topological polar surface area (TPSA) is 35.9 Å². The van der Waals surface area contributed by atoms with E-state index in [4.69, 9.17) is 4.74 Å². The van der Waals surface area contributed by atoms with Crippen LogP contribution in [0.4, 0.5) is 5.69 Å². The van der Waals surface area contributed by atoms with Crippen LogP contribution in [-0.2, 0) is 6.54 Å². The lowest BCUT2D eigenvalue weighted by Gasteiger charge is -2.39. The molecule has 36 heavy (non-hydrogen) atoms. The van der Waals surface area contributed by atoms with Gasteiger partial charge in [-0.05, 0) is 74.1 Å². The van der Waals surface area contributed by atoms with Gasteiger partial charge in [0.15, 0.2) is 0 Å². The summed E-state index contributed by atoms with van der Waals surface area (Å²) in [4.78, 5) is 4.70. The lowest BCUT2D eigenvalue weighted by molar-refractivity contribution is -0.0275. The largest absolute Gasteiger partial charge is 0.491 e. The van der Waals surface area contributed by atoms with Crippen LogP contribution in [0.5, 0.6) is 5.75 Å². The van der Waals surface area contributed by atoms with Gasteiger partial charge in [0.2, 0.25) is 0 Å². The van der Waals surface area contributed by atoms with E-state index in [2.05, 4.69) is 83.6 Å². The molecule has 0 atom stereocenters. The molecule has 196 valence electrons. The maximum absolute atomic E-state index is 11.3. The van der Waals surface area contributed by atoms with E-state index in [0.29, 0.717) is 0 Å². The van der Waals surface area contributed by atoms with Crippen molar-refractivity contribution in [2.75, 3.05) is 31.6 Å². The van der Waals surface area contributed by atoms with Crippen molar-refractivity contribution in [1.82, 2.24) is 4.90 Å². The van der Waals surface area contributed by atoms with E-state index < -0.39 is 5.60 Å². The first-order chi connectivity index (χ1) is 16.4. The number of ether oxygens (including phenoxy) is 1. The van der Waals surface area contributed by atoms with Crippen molar-refractivity contribution < 1.29 is 9.84 Å². The molecule has 0 saturated carbocycles. The van der Waals surface area contributed by atoms with Crippen molar-refractivity contribution in [1.29, 1.82) is 0 Å². The van der Waals surface area contributed by atoms with Gasteiger partial charge in [-0.1, -0.05) is 54.6 Å². The number of rotatable bonds is 9. The molecule has 1 aliphatic heterocycles. The van der Waals surface area contributed by atoms with Crippen molar-refractivity contribution in [2.24, 2.45) is 0 Å². The molecule has 1 heterocycles. The van der Waals surface area contributed by atoms with Crippen molar-refractivity contribution in [3.05, 3.63) is 84.4 Å². The first kappa shape index (κ1) is 30.0. The van der Waals surface area contributed by atoms with Crippen LogP contribution in [0.3, 0.4) is 0 Å². The number of anilines is 1. The molecular formula is C30H40Cl2N2O2. The summed E-state index contributed by atoms with van der Waals surface area (Å²) in [7, 11) is 2.09. The molecule has 1 N–H and O–H groups in total. The Balaban J connectivity index is 0.00000228. The Kier molecular flexibility index (Phi) is 11.6. The molecule has 0 radical (unpaired) electrons. The maximum Gasteiger partial charge on any atom is 0.119 e. The lowest BCUT2D eigenvalue weighted by Crippen LogP contribution is -2.45. The number of likely N-dealkylation sites (tertiary alicyclic amines) is 1. The Morgan fingerprint density at radius 2 is 1.50 bits per heavy atom. The van der Waals surface area contributed by atoms with E-state index in [0.717, 1.165) is 56.9 Å². The maximum atomic E-state index is 11.3. The molecule has 3 aromatic carbocycles. The third kappa shape index (κ3) is 8.14. The highest BCUT2D eigenvalue weighted by molar-refractivity contribution is 5.85. The van der Waals surface area contributed by atoms with Gasteiger partial charge >= 0.3 is 0 Å². The molecule has 0 bridgehead atoms. The van der Waals surface area contributed by atoms with Crippen LogP contribution in [0.1, 0.15) is 38.7 Å². The first-order valence-electron chi connectivity index (χ1n) is 12.5. The summed E-state index contributed by atoms with van der Waals surface area (Å²) >= 11 is 0. The van der Waals surface area contributed by atoms with Crippen molar-refractivity contribution >= 4 is 30.5 Å². The summed E-state index contributed by atoms with van der Waals surface area (Å²) in [5.74, 6) is 0.895. The SMILES string of the molecule is CC(C)Oc1ccc(N(C)CCC2(O)CCN(Cc3ccccc3-c3ccccc3)CC2)cc1.Cl.Cl. The zero-order valence-electron chi connectivity index (χ0n) is 21.6. The van der Waals surface area contributed by atoms with E-state index in [1.165, 1.54) is 16.7 Å². The van der Waals surface area contributed by atoms with Gasteiger partial charge in [-0.15, -0.1) is 24.8 Å². The molecular weight excluding hydrogens is 491 g/mol. The summed E-state index contributed by atoms with van der Waals surface area (Å²) < 4.78 is 5.74.